The fourth-order valence-corrected chi connectivity index (χ4v) is 3.99. The summed E-state index contributed by atoms with van der Waals surface area (Å²) < 4.78 is 16.2. The highest BCUT2D eigenvalue weighted by Gasteiger charge is 2.16. The minimum absolute atomic E-state index is 0.0332. The lowest BCUT2D eigenvalue weighted by molar-refractivity contribution is -0.116. The SMILES string of the molecule is O=C(Cn1c(=O)n(CCc2cccs2)c(=O)c2ccccc21)Nc1ccccc1F. The van der Waals surface area contributed by atoms with Gasteiger partial charge in [0.25, 0.3) is 5.56 Å². The maximum absolute atomic E-state index is 13.8. The highest BCUT2D eigenvalue weighted by Crippen LogP contribution is 2.14. The van der Waals surface area contributed by atoms with E-state index in [1.807, 2.05) is 17.5 Å². The first kappa shape index (κ1) is 19.8. The van der Waals surface area contributed by atoms with E-state index >= 15 is 0 Å². The van der Waals surface area contributed by atoms with Crippen molar-refractivity contribution in [2.24, 2.45) is 0 Å². The number of thiophene rings is 1. The number of para-hydroxylation sites is 2. The Morgan fingerprint density at radius 2 is 1.73 bits per heavy atom. The molecule has 0 bridgehead atoms. The molecule has 8 heteroatoms. The lowest BCUT2D eigenvalue weighted by atomic mass is 10.2. The number of halogens is 1. The fourth-order valence-electron chi connectivity index (χ4n) is 3.29. The van der Waals surface area contributed by atoms with E-state index < -0.39 is 23.0 Å². The summed E-state index contributed by atoms with van der Waals surface area (Å²) in [6, 6.07) is 16.3. The molecule has 0 fully saturated rings. The van der Waals surface area contributed by atoms with Crippen molar-refractivity contribution in [2.45, 2.75) is 19.5 Å². The summed E-state index contributed by atoms with van der Waals surface area (Å²) in [5.41, 5.74) is -0.564. The number of hydrogen-bond acceptors (Lipinski definition) is 4. The molecule has 2 aromatic carbocycles. The van der Waals surface area contributed by atoms with Gasteiger partial charge in [0.15, 0.2) is 0 Å². The third-order valence-corrected chi connectivity index (χ3v) is 5.68. The molecule has 6 nitrogen and oxygen atoms in total. The number of rotatable bonds is 6. The van der Waals surface area contributed by atoms with Gasteiger partial charge in [-0.15, -0.1) is 11.3 Å². The van der Waals surface area contributed by atoms with E-state index in [9.17, 15) is 18.8 Å². The van der Waals surface area contributed by atoms with Crippen molar-refractivity contribution in [1.29, 1.82) is 0 Å². The largest absolute Gasteiger partial charge is 0.331 e. The molecule has 0 atom stereocenters. The van der Waals surface area contributed by atoms with Crippen LogP contribution in [0.1, 0.15) is 4.88 Å². The van der Waals surface area contributed by atoms with Gasteiger partial charge in [-0.1, -0.05) is 30.3 Å². The molecule has 4 aromatic rings. The van der Waals surface area contributed by atoms with Gasteiger partial charge in [0.05, 0.1) is 16.6 Å². The van der Waals surface area contributed by atoms with Gasteiger partial charge in [0.1, 0.15) is 12.4 Å². The van der Waals surface area contributed by atoms with E-state index in [4.69, 9.17) is 0 Å². The van der Waals surface area contributed by atoms with Gasteiger partial charge in [-0.2, -0.15) is 0 Å². The van der Waals surface area contributed by atoms with Crippen LogP contribution in [-0.4, -0.2) is 15.0 Å². The Hall–Kier alpha value is -3.52. The quantitative estimate of drug-likeness (QED) is 0.517. The van der Waals surface area contributed by atoms with Crippen LogP contribution in [0.4, 0.5) is 10.1 Å². The molecule has 0 unspecified atom stereocenters. The molecule has 4 rings (SSSR count). The molecule has 152 valence electrons. The minimum Gasteiger partial charge on any atom is -0.322 e. The maximum Gasteiger partial charge on any atom is 0.331 e. The Morgan fingerprint density at radius 1 is 0.967 bits per heavy atom. The van der Waals surface area contributed by atoms with Crippen LogP contribution in [-0.2, 0) is 24.3 Å². The number of benzene rings is 2. The third kappa shape index (κ3) is 3.95. The topological polar surface area (TPSA) is 73.1 Å². The second-order valence-corrected chi connectivity index (χ2v) is 7.73. The van der Waals surface area contributed by atoms with Crippen molar-refractivity contribution in [3.05, 3.63) is 97.6 Å². The predicted octanol–water partition coefficient (Wildman–Crippen LogP) is 3.25. The second-order valence-electron chi connectivity index (χ2n) is 6.70. The van der Waals surface area contributed by atoms with Gasteiger partial charge in [0.2, 0.25) is 5.91 Å². The molecule has 0 aliphatic rings. The monoisotopic (exact) mass is 423 g/mol. The van der Waals surface area contributed by atoms with Crippen LogP contribution < -0.4 is 16.6 Å². The molecule has 2 heterocycles. The van der Waals surface area contributed by atoms with E-state index in [0.29, 0.717) is 17.3 Å². The number of anilines is 1. The molecule has 0 saturated heterocycles. The highest BCUT2D eigenvalue weighted by atomic mass is 32.1. The molecule has 0 aliphatic carbocycles. The number of fused-ring (bicyclic) bond motifs is 1. The van der Waals surface area contributed by atoms with Gasteiger partial charge >= 0.3 is 5.69 Å². The zero-order chi connectivity index (χ0) is 21.1. The van der Waals surface area contributed by atoms with Crippen molar-refractivity contribution < 1.29 is 9.18 Å². The molecule has 0 aliphatic heterocycles. The van der Waals surface area contributed by atoms with E-state index in [-0.39, 0.29) is 18.8 Å². The summed E-state index contributed by atoms with van der Waals surface area (Å²) in [5.74, 6) is -1.13. The Balaban J connectivity index is 1.71. The first-order valence-corrected chi connectivity index (χ1v) is 10.2. The molecule has 0 radical (unpaired) electrons. The molecule has 0 spiro atoms. The predicted molar refractivity (Wildman–Crippen MR) is 116 cm³/mol. The van der Waals surface area contributed by atoms with Gasteiger partial charge in [-0.3, -0.25) is 18.7 Å². The molecule has 2 aromatic heterocycles. The summed E-state index contributed by atoms with van der Waals surface area (Å²) >= 11 is 1.55. The molecular weight excluding hydrogens is 405 g/mol. The standard InChI is InChI=1S/C22H18FN3O3S/c23-17-8-2-3-9-18(17)24-20(27)14-26-19-10-4-1-7-16(19)21(28)25(22(26)29)12-11-15-6-5-13-30-15/h1-10,13H,11-12,14H2,(H,24,27). The number of carbonyl (C=O) groups excluding carboxylic acids is 1. The number of amides is 1. The fraction of sp³-hybridized carbons (Fsp3) is 0.136. The van der Waals surface area contributed by atoms with Crippen LogP contribution in [0.2, 0.25) is 0 Å². The molecule has 1 amide bonds. The zero-order valence-corrected chi connectivity index (χ0v) is 16.7. The van der Waals surface area contributed by atoms with Crippen LogP contribution in [0.15, 0.2) is 75.6 Å². The number of aryl methyl sites for hydroxylation is 1. The molecule has 1 N–H and O–H groups in total. The van der Waals surface area contributed by atoms with Crippen LogP contribution in [0, 0.1) is 5.82 Å². The van der Waals surface area contributed by atoms with Crippen LogP contribution >= 0.6 is 11.3 Å². The van der Waals surface area contributed by atoms with Gasteiger partial charge in [-0.25, -0.2) is 9.18 Å². The number of nitrogens with one attached hydrogen (secondary N) is 1. The molecule has 0 saturated carbocycles. The summed E-state index contributed by atoms with van der Waals surface area (Å²) in [5, 5.41) is 4.76. The average Bonchev–Trinajstić information content (AvgIpc) is 3.26. The summed E-state index contributed by atoms with van der Waals surface area (Å²) in [6.07, 6.45) is 0.534. The van der Waals surface area contributed by atoms with Gasteiger partial charge < -0.3 is 5.32 Å². The highest BCUT2D eigenvalue weighted by molar-refractivity contribution is 7.09. The number of aromatic nitrogens is 2. The van der Waals surface area contributed by atoms with Gasteiger partial charge in [0, 0.05) is 11.4 Å². The number of hydrogen-bond donors (Lipinski definition) is 1. The molecular formula is C22H18FN3O3S. The summed E-state index contributed by atoms with van der Waals surface area (Å²) in [7, 11) is 0. The van der Waals surface area contributed by atoms with Crippen molar-refractivity contribution in [1.82, 2.24) is 9.13 Å². The van der Waals surface area contributed by atoms with Crippen LogP contribution in [0.3, 0.4) is 0 Å². The van der Waals surface area contributed by atoms with E-state index in [1.54, 1.807) is 41.7 Å². The minimum atomic E-state index is -0.570. The Morgan fingerprint density at radius 3 is 2.50 bits per heavy atom. The first-order chi connectivity index (χ1) is 14.5. The Bertz CT molecular complexity index is 1330. The van der Waals surface area contributed by atoms with Crippen molar-refractivity contribution in [3.8, 4) is 0 Å². The maximum atomic E-state index is 13.8. The normalized spacial score (nSPS) is 11.0. The Labute approximate surface area is 174 Å². The lowest BCUT2D eigenvalue weighted by Gasteiger charge is -2.14. The van der Waals surface area contributed by atoms with E-state index in [0.717, 1.165) is 9.44 Å². The van der Waals surface area contributed by atoms with Gasteiger partial charge in [-0.05, 0) is 42.1 Å². The second kappa shape index (κ2) is 8.46. The van der Waals surface area contributed by atoms with Crippen molar-refractivity contribution in [3.63, 3.8) is 0 Å². The first-order valence-electron chi connectivity index (χ1n) is 9.34. The zero-order valence-electron chi connectivity index (χ0n) is 15.9. The smallest absolute Gasteiger partial charge is 0.322 e. The van der Waals surface area contributed by atoms with E-state index in [1.165, 1.54) is 22.8 Å². The van der Waals surface area contributed by atoms with Crippen molar-refractivity contribution in [2.75, 3.05) is 5.32 Å². The Kier molecular flexibility index (Phi) is 5.58. The third-order valence-electron chi connectivity index (χ3n) is 4.74. The van der Waals surface area contributed by atoms with Crippen LogP contribution in [0.5, 0.6) is 0 Å². The number of carbonyl (C=O) groups is 1. The lowest BCUT2D eigenvalue weighted by Crippen LogP contribution is -2.42. The number of nitrogens with zero attached hydrogens (tertiary/aromatic N) is 2. The summed E-state index contributed by atoms with van der Waals surface area (Å²) in [6.45, 7) is -0.134. The summed E-state index contributed by atoms with van der Waals surface area (Å²) in [4.78, 5) is 39.6. The average molecular weight is 423 g/mol. The van der Waals surface area contributed by atoms with E-state index in [2.05, 4.69) is 5.32 Å². The van der Waals surface area contributed by atoms with Crippen LogP contribution in [0.25, 0.3) is 10.9 Å². The van der Waals surface area contributed by atoms with Crippen molar-refractivity contribution >= 4 is 33.8 Å². The molecule has 30 heavy (non-hydrogen) atoms.